The number of nitrogens with zero attached hydrogens (tertiary/aromatic N) is 3. The van der Waals surface area contributed by atoms with Crippen LogP contribution in [0.25, 0.3) is 17.1 Å². The summed E-state index contributed by atoms with van der Waals surface area (Å²) in [4.78, 5) is 6.55. The lowest BCUT2D eigenvalue weighted by atomic mass is 10.3. The molecule has 3 heterocycles. The van der Waals surface area contributed by atoms with Crippen molar-refractivity contribution in [2.24, 2.45) is 0 Å². The Bertz CT molecular complexity index is 739. The van der Waals surface area contributed by atoms with Gasteiger partial charge in [-0.2, -0.15) is 0 Å². The van der Waals surface area contributed by atoms with E-state index in [2.05, 4.69) is 4.98 Å². The summed E-state index contributed by atoms with van der Waals surface area (Å²) in [7, 11) is 3.98. The first-order valence-corrected chi connectivity index (χ1v) is 6.08. The van der Waals surface area contributed by atoms with Crippen LogP contribution in [0.2, 0.25) is 0 Å². The lowest BCUT2D eigenvalue weighted by molar-refractivity contribution is 0.547. The summed E-state index contributed by atoms with van der Waals surface area (Å²) in [5.74, 6) is 2.14. The molecule has 3 rings (SSSR count). The number of hydrogen-bond donors (Lipinski definition) is 1. The van der Waals surface area contributed by atoms with Crippen LogP contribution in [0.15, 0.2) is 34.9 Å². The van der Waals surface area contributed by atoms with Crippen LogP contribution in [-0.4, -0.2) is 23.5 Å². The SMILES string of the molecule is Cc1ccc(-c2nc3ccc(N(C)C)cn3c2N)o1. The van der Waals surface area contributed by atoms with E-state index in [4.69, 9.17) is 10.2 Å². The molecule has 0 bridgehead atoms. The van der Waals surface area contributed by atoms with E-state index in [0.717, 1.165) is 17.1 Å². The van der Waals surface area contributed by atoms with Gasteiger partial charge in [-0.25, -0.2) is 4.98 Å². The summed E-state index contributed by atoms with van der Waals surface area (Å²) < 4.78 is 7.47. The molecule has 3 aromatic rings. The molecule has 5 nitrogen and oxygen atoms in total. The van der Waals surface area contributed by atoms with Crippen molar-refractivity contribution in [2.45, 2.75) is 6.92 Å². The lowest BCUT2D eigenvalue weighted by Crippen LogP contribution is -2.09. The fourth-order valence-electron chi connectivity index (χ4n) is 2.06. The van der Waals surface area contributed by atoms with Gasteiger partial charge >= 0.3 is 0 Å². The third kappa shape index (κ3) is 1.83. The van der Waals surface area contributed by atoms with Gasteiger partial charge in [-0.1, -0.05) is 0 Å². The number of pyridine rings is 1. The summed E-state index contributed by atoms with van der Waals surface area (Å²) in [5, 5.41) is 0. The van der Waals surface area contributed by atoms with Gasteiger partial charge in [-0.3, -0.25) is 4.40 Å². The van der Waals surface area contributed by atoms with Crippen LogP contribution in [0, 0.1) is 6.92 Å². The smallest absolute Gasteiger partial charge is 0.156 e. The molecule has 3 aromatic heterocycles. The van der Waals surface area contributed by atoms with E-state index < -0.39 is 0 Å². The van der Waals surface area contributed by atoms with E-state index in [1.165, 1.54) is 0 Å². The summed E-state index contributed by atoms with van der Waals surface area (Å²) in [6.45, 7) is 1.90. The number of anilines is 2. The topological polar surface area (TPSA) is 59.7 Å². The van der Waals surface area contributed by atoms with E-state index in [1.807, 2.05) is 60.8 Å². The Morgan fingerprint density at radius 2 is 2.00 bits per heavy atom. The minimum Gasteiger partial charge on any atom is -0.460 e. The number of rotatable bonds is 2. The van der Waals surface area contributed by atoms with Crippen LogP contribution in [0.1, 0.15) is 5.76 Å². The van der Waals surface area contributed by atoms with E-state index in [-0.39, 0.29) is 0 Å². The molecule has 0 spiro atoms. The summed E-state index contributed by atoms with van der Waals surface area (Å²) in [6.07, 6.45) is 1.97. The van der Waals surface area contributed by atoms with Gasteiger partial charge in [0.15, 0.2) is 5.76 Å². The standard InChI is InChI=1S/C14H16N4O/c1-9-4-6-11(19-9)13-14(15)18-8-10(17(2)3)5-7-12(18)16-13/h4-8H,15H2,1-3H3. The van der Waals surface area contributed by atoms with Crippen LogP contribution in [0.4, 0.5) is 11.5 Å². The molecule has 0 unspecified atom stereocenters. The molecule has 0 saturated carbocycles. The quantitative estimate of drug-likeness (QED) is 0.765. The van der Waals surface area contributed by atoms with Crippen LogP contribution >= 0.6 is 0 Å². The molecule has 0 aliphatic carbocycles. The molecule has 5 heteroatoms. The van der Waals surface area contributed by atoms with Gasteiger partial charge in [0, 0.05) is 20.3 Å². The second-order valence-corrected chi connectivity index (χ2v) is 4.77. The van der Waals surface area contributed by atoms with Crippen LogP contribution < -0.4 is 10.6 Å². The molecule has 0 aromatic carbocycles. The zero-order valence-electron chi connectivity index (χ0n) is 11.2. The molecule has 2 N–H and O–H groups in total. The number of aromatic nitrogens is 2. The fourth-order valence-corrected chi connectivity index (χ4v) is 2.06. The Balaban J connectivity index is 2.20. The van der Waals surface area contributed by atoms with Gasteiger partial charge < -0.3 is 15.1 Å². The molecule has 98 valence electrons. The third-order valence-corrected chi connectivity index (χ3v) is 3.13. The maximum Gasteiger partial charge on any atom is 0.156 e. The number of aryl methyl sites for hydroxylation is 1. The first kappa shape index (κ1) is 11.6. The van der Waals surface area contributed by atoms with Gasteiger partial charge in [0.05, 0.1) is 5.69 Å². The highest BCUT2D eigenvalue weighted by Crippen LogP contribution is 2.29. The normalized spacial score (nSPS) is 11.1. The maximum atomic E-state index is 6.17. The largest absolute Gasteiger partial charge is 0.460 e. The molecule has 0 aliphatic rings. The third-order valence-electron chi connectivity index (χ3n) is 3.13. The van der Waals surface area contributed by atoms with E-state index in [0.29, 0.717) is 17.3 Å². The molecule has 0 fully saturated rings. The van der Waals surface area contributed by atoms with Crippen LogP contribution in [-0.2, 0) is 0 Å². The molecule has 0 saturated heterocycles. The molecule has 19 heavy (non-hydrogen) atoms. The Morgan fingerprint density at radius 3 is 2.63 bits per heavy atom. The summed E-state index contributed by atoms with van der Waals surface area (Å²) in [5.41, 5.74) is 8.74. The molecule has 0 aliphatic heterocycles. The van der Waals surface area contributed by atoms with Crippen molar-refractivity contribution in [3.63, 3.8) is 0 Å². The van der Waals surface area contributed by atoms with Crippen molar-refractivity contribution in [1.29, 1.82) is 0 Å². The van der Waals surface area contributed by atoms with Gasteiger partial charge in [0.1, 0.15) is 22.9 Å². The Labute approximate surface area is 111 Å². The Hall–Kier alpha value is -2.43. The van der Waals surface area contributed by atoms with Gasteiger partial charge in [-0.15, -0.1) is 0 Å². The number of fused-ring (bicyclic) bond motifs is 1. The van der Waals surface area contributed by atoms with Crippen molar-refractivity contribution < 1.29 is 4.42 Å². The highest BCUT2D eigenvalue weighted by molar-refractivity contribution is 5.72. The average molecular weight is 256 g/mol. The molecule has 0 atom stereocenters. The highest BCUT2D eigenvalue weighted by atomic mass is 16.3. The van der Waals surface area contributed by atoms with Crippen molar-refractivity contribution in [2.75, 3.05) is 24.7 Å². The minimum atomic E-state index is 0.591. The first-order chi connectivity index (χ1) is 9.06. The number of nitrogens with two attached hydrogens (primary N) is 1. The lowest BCUT2D eigenvalue weighted by Gasteiger charge is -2.12. The molecular formula is C14H16N4O. The number of nitrogen functional groups attached to an aromatic ring is 1. The van der Waals surface area contributed by atoms with E-state index in [1.54, 1.807) is 0 Å². The second-order valence-electron chi connectivity index (χ2n) is 4.77. The fraction of sp³-hybridized carbons (Fsp3) is 0.214. The van der Waals surface area contributed by atoms with E-state index >= 15 is 0 Å². The van der Waals surface area contributed by atoms with Gasteiger partial charge in [0.25, 0.3) is 0 Å². The van der Waals surface area contributed by atoms with Crippen LogP contribution in [0.3, 0.4) is 0 Å². The second kappa shape index (κ2) is 4.05. The van der Waals surface area contributed by atoms with Crippen LogP contribution in [0.5, 0.6) is 0 Å². The number of hydrogen-bond acceptors (Lipinski definition) is 4. The first-order valence-electron chi connectivity index (χ1n) is 6.08. The predicted molar refractivity (Wildman–Crippen MR) is 76.4 cm³/mol. The number of imidazole rings is 1. The van der Waals surface area contributed by atoms with Gasteiger partial charge in [0.2, 0.25) is 0 Å². The van der Waals surface area contributed by atoms with Gasteiger partial charge in [-0.05, 0) is 31.2 Å². The average Bonchev–Trinajstić information content (AvgIpc) is 2.93. The summed E-state index contributed by atoms with van der Waals surface area (Å²) in [6, 6.07) is 7.76. The maximum absolute atomic E-state index is 6.17. The molecule has 0 radical (unpaired) electrons. The minimum absolute atomic E-state index is 0.591. The number of furan rings is 1. The van der Waals surface area contributed by atoms with E-state index in [9.17, 15) is 0 Å². The molecular weight excluding hydrogens is 240 g/mol. The van der Waals surface area contributed by atoms with Crippen molar-refractivity contribution in [1.82, 2.24) is 9.38 Å². The highest BCUT2D eigenvalue weighted by Gasteiger charge is 2.14. The van der Waals surface area contributed by atoms with Crippen molar-refractivity contribution in [3.8, 4) is 11.5 Å². The Kier molecular flexibility index (Phi) is 2.48. The predicted octanol–water partition coefficient (Wildman–Crippen LogP) is 2.55. The van der Waals surface area contributed by atoms with Crippen molar-refractivity contribution in [3.05, 3.63) is 36.2 Å². The monoisotopic (exact) mass is 256 g/mol. The summed E-state index contributed by atoms with van der Waals surface area (Å²) >= 11 is 0. The zero-order chi connectivity index (χ0) is 13.6. The zero-order valence-corrected chi connectivity index (χ0v) is 11.2. The Morgan fingerprint density at radius 1 is 1.21 bits per heavy atom. The van der Waals surface area contributed by atoms with Crippen molar-refractivity contribution >= 4 is 17.2 Å². The molecule has 0 amide bonds.